The number of hydrogen-bond donors (Lipinski definition) is 1. The molecule has 3 aromatic carbocycles. The number of hydrogen-bond acceptors (Lipinski definition) is 7. The van der Waals surface area contributed by atoms with Crippen LogP contribution >= 0.6 is 0 Å². The molecule has 2 atom stereocenters. The SMILES string of the molecule is COc1cc(CN2CCN(CC(=O)N(C(C)=O)C(C)Cc3c[nH]c4ccccc34)C(c3ccccc3)C2)cc(OC)c1OC. The number of amides is 2. The lowest BCUT2D eigenvalue weighted by molar-refractivity contribution is -0.147. The highest BCUT2D eigenvalue weighted by Gasteiger charge is 2.33. The summed E-state index contributed by atoms with van der Waals surface area (Å²) in [4.78, 5) is 36.0. The highest BCUT2D eigenvalue weighted by Crippen LogP contribution is 2.39. The average Bonchev–Trinajstić information content (AvgIpc) is 3.44. The molecule has 1 aromatic heterocycles. The topological polar surface area (TPSA) is 87.3 Å². The van der Waals surface area contributed by atoms with Gasteiger partial charge < -0.3 is 19.2 Å². The molecule has 1 saturated heterocycles. The maximum atomic E-state index is 13.8. The molecule has 0 bridgehead atoms. The van der Waals surface area contributed by atoms with Gasteiger partial charge in [0.2, 0.25) is 17.6 Å². The van der Waals surface area contributed by atoms with E-state index in [-0.39, 0.29) is 30.4 Å². The van der Waals surface area contributed by atoms with Crippen LogP contribution in [-0.2, 0) is 22.6 Å². The molecule has 0 spiro atoms. The van der Waals surface area contributed by atoms with Crippen LogP contribution < -0.4 is 14.2 Å². The molecule has 0 saturated carbocycles. The van der Waals surface area contributed by atoms with Gasteiger partial charge in [-0.3, -0.25) is 24.3 Å². The Morgan fingerprint density at radius 2 is 1.64 bits per heavy atom. The third-order valence-electron chi connectivity index (χ3n) is 8.47. The largest absolute Gasteiger partial charge is 0.493 e. The Morgan fingerprint density at radius 3 is 2.30 bits per heavy atom. The Labute approximate surface area is 259 Å². The third kappa shape index (κ3) is 6.74. The van der Waals surface area contributed by atoms with Gasteiger partial charge in [-0.15, -0.1) is 0 Å². The van der Waals surface area contributed by atoms with Crippen molar-refractivity contribution in [3.05, 3.63) is 89.6 Å². The molecule has 9 nitrogen and oxygen atoms in total. The molecular formula is C35H42N4O5. The number of nitrogens with zero attached hydrogens (tertiary/aromatic N) is 3. The van der Waals surface area contributed by atoms with Gasteiger partial charge in [-0.1, -0.05) is 48.5 Å². The van der Waals surface area contributed by atoms with Gasteiger partial charge in [0, 0.05) is 62.3 Å². The van der Waals surface area contributed by atoms with Crippen LogP contribution in [0, 0.1) is 0 Å². The van der Waals surface area contributed by atoms with E-state index in [1.54, 1.807) is 21.3 Å². The van der Waals surface area contributed by atoms with E-state index >= 15 is 0 Å². The molecule has 232 valence electrons. The van der Waals surface area contributed by atoms with E-state index in [2.05, 4.69) is 33.0 Å². The van der Waals surface area contributed by atoms with Gasteiger partial charge in [-0.25, -0.2) is 0 Å². The maximum Gasteiger partial charge on any atom is 0.243 e. The fourth-order valence-corrected chi connectivity index (χ4v) is 6.38. The lowest BCUT2D eigenvalue weighted by Gasteiger charge is -2.42. The van der Waals surface area contributed by atoms with Crippen molar-refractivity contribution in [1.29, 1.82) is 0 Å². The number of nitrogens with one attached hydrogen (secondary N) is 1. The third-order valence-corrected chi connectivity index (χ3v) is 8.47. The fraction of sp³-hybridized carbons (Fsp3) is 0.371. The minimum absolute atomic E-state index is 0.0197. The van der Waals surface area contributed by atoms with Crippen molar-refractivity contribution in [2.45, 2.75) is 38.9 Å². The summed E-state index contributed by atoms with van der Waals surface area (Å²) in [6.45, 7) is 6.44. The Hall–Kier alpha value is -4.34. The van der Waals surface area contributed by atoms with Crippen LogP contribution in [0.3, 0.4) is 0 Å². The first-order valence-corrected chi connectivity index (χ1v) is 15.0. The molecule has 4 aromatic rings. The number of aromatic nitrogens is 1. The number of benzene rings is 3. The molecule has 2 unspecified atom stereocenters. The second-order valence-corrected chi connectivity index (χ2v) is 11.4. The number of imide groups is 1. The minimum Gasteiger partial charge on any atom is -0.493 e. The lowest BCUT2D eigenvalue weighted by atomic mass is 10.0. The van der Waals surface area contributed by atoms with Gasteiger partial charge >= 0.3 is 0 Å². The molecule has 2 amide bonds. The van der Waals surface area contributed by atoms with Gasteiger partial charge in [-0.05, 0) is 48.2 Å². The highest BCUT2D eigenvalue weighted by atomic mass is 16.5. The summed E-state index contributed by atoms with van der Waals surface area (Å²) in [5.74, 6) is 1.40. The minimum atomic E-state index is -0.282. The fourth-order valence-electron chi connectivity index (χ4n) is 6.38. The normalized spacial score (nSPS) is 16.4. The average molecular weight is 599 g/mol. The number of aromatic amines is 1. The summed E-state index contributed by atoms with van der Waals surface area (Å²) in [6, 6.07) is 22.0. The number of fused-ring (bicyclic) bond motifs is 1. The monoisotopic (exact) mass is 598 g/mol. The summed E-state index contributed by atoms with van der Waals surface area (Å²) in [7, 11) is 4.84. The molecule has 2 heterocycles. The molecule has 1 aliphatic rings. The van der Waals surface area contributed by atoms with E-state index in [9.17, 15) is 9.59 Å². The molecule has 1 aliphatic heterocycles. The van der Waals surface area contributed by atoms with Gasteiger partial charge in [-0.2, -0.15) is 0 Å². The first-order valence-electron chi connectivity index (χ1n) is 15.0. The van der Waals surface area contributed by atoms with Crippen LogP contribution in [0.4, 0.5) is 0 Å². The van der Waals surface area contributed by atoms with Crippen molar-refractivity contribution in [2.24, 2.45) is 0 Å². The van der Waals surface area contributed by atoms with Gasteiger partial charge in [0.25, 0.3) is 0 Å². The molecule has 0 aliphatic carbocycles. The van der Waals surface area contributed by atoms with E-state index < -0.39 is 0 Å². The summed E-state index contributed by atoms with van der Waals surface area (Å²) in [5.41, 5.74) is 4.32. The highest BCUT2D eigenvalue weighted by molar-refractivity contribution is 5.95. The van der Waals surface area contributed by atoms with Gasteiger partial charge in [0.15, 0.2) is 11.5 Å². The van der Waals surface area contributed by atoms with Crippen molar-refractivity contribution >= 4 is 22.7 Å². The standard InChI is InChI=1S/C35H42N4O5/c1-24(17-28-20-36-30-14-10-9-13-29(28)30)39(25(2)40)34(41)23-38-16-15-37(22-31(38)27-11-7-6-8-12-27)21-26-18-32(42-3)35(44-5)33(19-26)43-4/h6-14,18-20,24,31,36H,15-17,21-23H2,1-5H3. The van der Waals surface area contributed by atoms with E-state index in [4.69, 9.17) is 14.2 Å². The zero-order valence-electron chi connectivity index (χ0n) is 26.2. The first-order chi connectivity index (χ1) is 21.3. The zero-order chi connectivity index (χ0) is 31.2. The second kappa shape index (κ2) is 14.0. The van der Waals surface area contributed by atoms with Crippen LogP contribution in [0.5, 0.6) is 17.2 Å². The number of carbonyl (C=O) groups excluding carboxylic acids is 2. The number of piperazine rings is 1. The Bertz CT molecular complexity index is 1560. The molecule has 1 fully saturated rings. The number of ether oxygens (including phenoxy) is 3. The molecule has 44 heavy (non-hydrogen) atoms. The Kier molecular flexibility index (Phi) is 9.87. The number of H-pyrrole nitrogens is 1. The lowest BCUT2D eigenvalue weighted by Crippen LogP contribution is -2.53. The molecule has 9 heteroatoms. The summed E-state index contributed by atoms with van der Waals surface area (Å²) in [5, 5.41) is 1.11. The van der Waals surface area contributed by atoms with Crippen molar-refractivity contribution in [1.82, 2.24) is 19.7 Å². The van der Waals surface area contributed by atoms with E-state index in [0.717, 1.165) is 40.7 Å². The van der Waals surface area contributed by atoms with Gasteiger partial charge in [0.1, 0.15) is 0 Å². The molecular weight excluding hydrogens is 556 g/mol. The number of carbonyl (C=O) groups is 2. The summed E-state index contributed by atoms with van der Waals surface area (Å²) < 4.78 is 16.6. The maximum absolute atomic E-state index is 13.8. The first kappa shape index (κ1) is 31.1. The quantitative estimate of drug-likeness (QED) is 0.258. The van der Waals surface area contributed by atoms with Crippen LogP contribution in [0.2, 0.25) is 0 Å². The molecule has 0 radical (unpaired) electrons. The predicted octanol–water partition coefficient (Wildman–Crippen LogP) is 5.06. The summed E-state index contributed by atoms with van der Waals surface area (Å²) >= 11 is 0. The van der Waals surface area contributed by atoms with Crippen LogP contribution in [0.1, 0.15) is 36.6 Å². The second-order valence-electron chi connectivity index (χ2n) is 11.4. The van der Waals surface area contributed by atoms with E-state index in [0.29, 0.717) is 36.8 Å². The predicted molar refractivity (Wildman–Crippen MR) is 171 cm³/mol. The summed E-state index contributed by atoms with van der Waals surface area (Å²) in [6.07, 6.45) is 2.56. The van der Waals surface area contributed by atoms with E-state index in [1.165, 1.54) is 11.8 Å². The smallest absolute Gasteiger partial charge is 0.243 e. The Balaban J connectivity index is 1.33. The van der Waals surface area contributed by atoms with Crippen molar-refractivity contribution < 1.29 is 23.8 Å². The van der Waals surface area contributed by atoms with Gasteiger partial charge in [0.05, 0.1) is 27.9 Å². The van der Waals surface area contributed by atoms with Crippen LogP contribution in [0.15, 0.2) is 72.9 Å². The van der Waals surface area contributed by atoms with Crippen molar-refractivity contribution in [3.63, 3.8) is 0 Å². The van der Waals surface area contributed by atoms with Crippen molar-refractivity contribution in [2.75, 3.05) is 47.5 Å². The number of methoxy groups -OCH3 is 3. The van der Waals surface area contributed by atoms with Crippen LogP contribution in [-0.4, -0.2) is 85.0 Å². The number of para-hydroxylation sites is 1. The van der Waals surface area contributed by atoms with E-state index in [1.807, 2.05) is 61.7 Å². The number of rotatable bonds is 11. The zero-order valence-corrected chi connectivity index (χ0v) is 26.2. The molecule has 5 rings (SSSR count). The Morgan fingerprint density at radius 1 is 0.955 bits per heavy atom. The van der Waals surface area contributed by atoms with Crippen molar-refractivity contribution in [3.8, 4) is 17.2 Å². The molecule has 1 N–H and O–H groups in total. The van der Waals surface area contributed by atoms with Crippen LogP contribution in [0.25, 0.3) is 10.9 Å².